The second kappa shape index (κ2) is 7.67. The summed E-state index contributed by atoms with van der Waals surface area (Å²) >= 11 is 1.58. The van der Waals surface area contributed by atoms with Gasteiger partial charge < -0.3 is 10.1 Å². The Morgan fingerprint density at radius 3 is 2.89 bits per heavy atom. The van der Waals surface area contributed by atoms with Crippen LogP contribution >= 0.6 is 11.8 Å². The van der Waals surface area contributed by atoms with Crippen molar-refractivity contribution >= 4 is 40.2 Å². The molecule has 1 unspecified atom stereocenters. The first-order valence-electron chi connectivity index (χ1n) is 9.20. The molecule has 0 bridgehead atoms. The Hall–Kier alpha value is -2.80. The van der Waals surface area contributed by atoms with Crippen molar-refractivity contribution in [1.29, 1.82) is 0 Å². The Labute approximate surface area is 167 Å². The van der Waals surface area contributed by atoms with Crippen molar-refractivity contribution in [3.8, 4) is 0 Å². The van der Waals surface area contributed by atoms with E-state index in [1.165, 1.54) is 0 Å². The minimum atomic E-state index is -0.374. The average Bonchev–Trinajstić information content (AvgIpc) is 2.86. The molecular formula is C21H21N3O3S. The highest BCUT2D eigenvalue weighted by Gasteiger charge is 2.31. The van der Waals surface area contributed by atoms with Gasteiger partial charge in [-0.1, -0.05) is 42.5 Å². The number of carbonyl (C=O) groups excluding carboxylic acids is 2. The van der Waals surface area contributed by atoms with Gasteiger partial charge in [-0.25, -0.2) is 4.68 Å². The van der Waals surface area contributed by atoms with E-state index in [1.54, 1.807) is 23.4 Å². The van der Waals surface area contributed by atoms with Crippen molar-refractivity contribution in [2.75, 3.05) is 17.7 Å². The third-order valence-electron chi connectivity index (χ3n) is 4.76. The van der Waals surface area contributed by atoms with E-state index in [0.717, 1.165) is 27.6 Å². The van der Waals surface area contributed by atoms with Crippen molar-refractivity contribution in [2.24, 2.45) is 0 Å². The van der Waals surface area contributed by atoms with Crippen LogP contribution in [0, 0.1) is 6.92 Å². The molecule has 2 heterocycles. The number of amides is 1. The molecule has 0 saturated heterocycles. The van der Waals surface area contributed by atoms with Crippen molar-refractivity contribution < 1.29 is 14.3 Å². The Kier molecular flexibility index (Phi) is 5.09. The average molecular weight is 395 g/mol. The largest absolute Gasteiger partial charge is 0.465 e. The Bertz CT molecular complexity index is 1050. The van der Waals surface area contributed by atoms with E-state index < -0.39 is 0 Å². The number of thioether (sulfide) groups is 1. The van der Waals surface area contributed by atoms with Gasteiger partial charge in [-0.3, -0.25) is 9.59 Å². The fourth-order valence-corrected chi connectivity index (χ4v) is 4.84. The fraction of sp³-hybridized carbons (Fsp3) is 0.286. The van der Waals surface area contributed by atoms with Gasteiger partial charge in [0, 0.05) is 5.56 Å². The molecule has 3 aromatic rings. The van der Waals surface area contributed by atoms with Gasteiger partial charge >= 0.3 is 5.97 Å². The molecule has 1 atom stereocenters. The molecule has 0 spiro atoms. The van der Waals surface area contributed by atoms with Crippen molar-refractivity contribution in [3.05, 3.63) is 59.3 Å². The molecule has 1 N–H and O–H groups in total. The van der Waals surface area contributed by atoms with Crippen LogP contribution < -0.4 is 5.32 Å². The number of esters is 1. The SMILES string of the molecule is CCOC(=O)Cn1nc(C)c2c1NC(=O)CSC2c1cccc2ccccc12. The first-order chi connectivity index (χ1) is 13.6. The molecule has 0 aliphatic carbocycles. The molecule has 144 valence electrons. The normalized spacial score (nSPS) is 16.4. The summed E-state index contributed by atoms with van der Waals surface area (Å²) in [6.45, 7) is 3.96. The first-order valence-corrected chi connectivity index (χ1v) is 10.3. The molecule has 6 nitrogen and oxygen atoms in total. The summed E-state index contributed by atoms with van der Waals surface area (Å²) in [5.74, 6) is 0.444. The fourth-order valence-electron chi connectivity index (χ4n) is 3.62. The van der Waals surface area contributed by atoms with Crippen LogP contribution in [0.4, 0.5) is 5.82 Å². The van der Waals surface area contributed by atoms with Crippen LogP contribution in [0.3, 0.4) is 0 Å². The number of hydrogen-bond acceptors (Lipinski definition) is 5. The number of ether oxygens (including phenoxy) is 1. The number of nitrogens with zero attached hydrogens (tertiary/aromatic N) is 2. The number of nitrogens with one attached hydrogen (secondary N) is 1. The van der Waals surface area contributed by atoms with Crippen LogP contribution in [-0.4, -0.2) is 34.0 Å². The van der Waals surface area contributed by atoms with Crippen molar-refractivity contribution in [1.82, 2.24) is 9.78 Å². The topological polar surface area (TPSA) is 73.2 Å². The molecule has 1 aromatic heterocycles. The van der Waals surface area contributed by atoms with Gasteiger partial charge in [-0.05, 0) is 30.2 Å². The second-order valence-electron chi connectivity index (χ2n) is 6.62. The van der Waals surface area contributed by atoms with E-state index >= 15 is 0 Å². The lowest BCUT2D eigenvalue weighted by atomic mass is 9.97. The predicted octanol–water partition coefficient (Wildman–Crippen LogP) is 3.68. The van der Waals surface area contributed by atoms with Gasteiger partial charge in [0.05, 0.1) is 23.3 Å². The van der Waals surface area contributed by atoms with E-state index in [0.29, 0.717) is 18.2 Å². The lowest BCUT2D eigenvalue weighted by Gasteiger charge is -2.17. The maximum atomic E-state index is 12.4. The lowest BCUT2D eigenvalue weighted by molar-refractivity contribution is -0.144. The van der Waals surface area contributed by atoms with Crippen LogP contribution in [0.2, 0.25) is 0 Å². The molecule has 0 fully saturated rings. The van der Waals surface area contributed by atoms with E-state index in [9.17, 15) is 9.59 Å². The molecule has 0 saturated carbocycles. The Balaban J connectivity index is 1.84. The number of carbonyl (C=O) groups is 2. The highest BCUT2D eigenvalue weighted by molar-refractivity contribution is 8.00. The minimum Gasteiger partial charge on any atom is -0.465 e. The maximum Gasteiger partial charge on any atom is 0.327 e. The lowest BCUT2D eigenvalue weighted by Crippen LogP contribution is -2.20. The standard InChI is InChI=1S/C21H21N3O3S/c1-3-27-18(26)11-24-21-19(13(2)23-24)20(28-12-17(25)22-21)16-10-6-8-14-7-4-5-9-15(14)16/h4-10,20H,3,11-12H2,1-2H3,(H,22,25). The number of hydrogen-bond donors (Lipinski definition) is 1. The van der Waals surface area contributed by atoms with Gasteiger partial charge in [-0.15, -0.1) is 11.8 Å². The number of rotatable bonds is 4. The van der Waals surface area contributed by atoms with Crippen molar-refractivity contribution in [3.63, 3.8) is 0 Å². The highest BCUT2D eigenvalue weighted by atomic mass is 32.2. The molecule has 0 radical (unpaired) electrons. The molecular weight excluding hydrogens is 374 g/mol. The van der Waals surface area contributed by atoms with Crippen LogP contribution in [-0.2, 0) is 20.9 Å². The molecule has 28 heavy (non-hydrogen) atoms. The predicted molar refractivity (Wildman–Crippen MR) is 110 cm³/mol. The van der Waals surface area contributed by atoms with E-state index in [4.69, 9.17) is 4.74 Å². The molecule has 7 heteroatoms. The second-order valence-corrected chi connectivity index (χ2v) is 7.71. The van der Waals surface area contributed by atoms with Crippen LogP contribution in [0.25, 0.3) is 10.8 Å². The number of anilines is 1. The zero-order valence-electron chi connectivity index (χ0n) is 15.8. The Morgan fingerprint density at radius 2 is 2.07 bits per heavy atom. The third-order valence-corrected chi connectivity index (χ3v) is 6.02. The molecule has 2 aromatic carbocycles. The zero-order valence-corrected chi connectivity index (χ0v) is 16.6. The number of fused-ring (bicyclic) bond motifs is 2. The van der Waals surface area contributed by atoms with E-state index in [-0.39, 0.29) is 23.7 Å². The smallest absolute Gasteiger partial charge is 0.327 e. The number of aryl methyl sites for hydroxylation is 1. The van der Waals surface area contributed by atoms with Crippen molar-refractivity contribution in [2.45, 2.75) is 25.6 Å². The summed E-state index contributed by atoms with van der Waals surface area (Å²) in [6.07, 6.45) is 0. The number of benzene rings is 2. The quantitative estimate of drug-likeness (QED) is 0.682. The maximum absolute atomic E-state index is 12.4. The van der Waals surface area contributed by atoms with Crippen LogP contribution in [0.1, 0.15) is 29.0 Å². The summed E-state index contributed by atoms with van der Waals surface area (Å²) in [5.41, 5.74) is 2.88. The van der Waals surface area contributed by atoms with E-state index in [2.05, 4.69) is 34.7 Å². The van der Waals surface area contributed by atoms with E-state index in [1.807, 2.05) is 25.1 Å². The number of aromatic nitrogens is 2. The highest BCUT2D eigenvalue weighted by Crippen LogP contribution is 2.45. The van der Waals surface area contributed by atoms with Gasteiger partial charge in [0.15, 0.2) is 0 Å². The molecule has 1 amide bonds. The Morgan fingerprint density at radius 1 is 1.29 bits per heavy atom. The zero-order chi connectivity index (χ0) is 19.7. The molecule has 1 aliphatic rings. The summed E-state index contributed by atoms with van der Waals surface area (Å²) in [5, 5.41) is 9.72. The summed E-state index contributed by atoms with van der Waals surface area (Å²) in [7, 11) is 0. The third kappa shape index (κ3) is 3.38. The van der Waals surface area contributed by atoms with Gasteiger partial charge in [0.25, 0.3) is 0 Å². The molecule has 4 rings (SSSR count). The molecule has 1 aliphatic heterocycles. The van der Waals surface area contributed by atoms with Crippen LogP contribution in [0.5, 0.6) is 0 Å². The van der Waals surface area contributed by atoms with Crippen LogP contribution in [0.15, 0.2) is 42.5 Å². The summed E-state index contributed by atoms with van der Waals surface area (Å²) < 4.78 is 6.60. The first kappa shape index (κ1) is 18.6. The monoisotopic (exact) mass is 395 g/mol. The van der Waals surface area contributed by atoms with Gasteiger partial charge in [0.2, 0.25) is 5.91 Å². The summed E-state index contributed by atoms with van der Waals surface area (Å²) in [4.78, 5) is 24.4. The summed E-state index contributed by atoms with van der Waals surface area (Å²) in [6, 6.07) is 14.4. The minimum absolute atomic E-state index is 0.0305. The van der Waals surface area contributed by atoms with Gasteiger partial charge in [0.1, 0.15) is 12.4 Å². The van der Waals surface area contributed by atoms with Gasteiger partial charge in [-0.2, -0.15) is 5.10 Å².